The summed E-state index contributed by atoms with van der Waals surface area (Å²) in [5.41, 5.74) is 4.17. The third-order valence-electron chi connectivity index (χ3n) is 4.78. The summed E-state index contributed by atoms with van der Waals surface area (Å²) in [5.74, 6) is -0.00383. The molecule has 0 saturated heterocycles. The standard InChI is InChI=1S/C17H15ClN4O.C4H8F3NO/c1-10-8-11(2-5-13(10)17(23)20-12-3-4-12)14-9-19-16-7-6-15(18)21-22(14)16;1-8-2-3(9)4(5,6)7/h2,5-9,12H,3-4H2,1H3,(H,20,23);3,8-9H,2H2,1H3. The summed E-state index contributed by atoms with van der Waals surface area (Å²) in [5, 5.41) is 18.1. The minimum atomic E-state index is -4.50. The van der Waals surface area contributed by atoms with Crippen LogP contribution < -0.4 is 10.6 Å². The first-order valence-electron chi connectivity index (χ1n) is 9.91. The lowest BCUT2D eigenvalue weighted by atomic mass is 10.0. The maximum absolute atomic E-state index is 12.2. The number of halogens is 4. The number of nitrogens with zero attached hydrogens (tertiary/aromatic N) is 3. The average molecular weight is 470 g/mol. The highest BCUT2D eigenvalue weighted by molar-refractivity contribution is 6.29. The first-order chi connectivity index (χ1) is 15.1. The number of likely N-dealkylation sites (N-methyl/N-ethyl adjacent to an activating group) is 1. The van der Waals surface area contributed by atoms with Crippen LogP contribution in [-0.2, 0) is 0 Å². The number of amides is 1. The van der Waals surface area contributed by atoms with E-state index in [9.17, 15) is 18.0 Å². The normalized spacial score (nSPS) is 14.6. The van der Waals surface area contributed by atoms with E-state index in [1.54, 1.807) is 16.8 Å². The molecule has 0 aliphatic heterocycles. The smallest absolute Gasteiger partial charge is 0.382 e. The number of fused-ring (bicyclic) bond motifs is 1. The van der Waals surface area contributed by atoms with Crippen molar-refractivity contribution < 1.29 is 23.1 Å². The second-order valence-electron chi connectivity index (χ2n) is 7.46. The van der Waals surface area contributed by atoms with E-state index in [4.69, 9.17) is 16.7 Å². The van der Waals surface area contributed by atoms with Crippen LogP contribution in [0.5, 0.6) is 0 Å². The number of hydrogen-bond donors (Lipinski definition) is 3. The molecular weight excluding hydrogens is 447 g/mol. The number of hydrogen-bond acceptors (Lipinski definition) is 5. The molecule has 3 aromatic rings. The van der Waals surface area contributed by atoms with E-state index in [2.05, 4.69) is 20.7 Å². The Hall–Kier alpha value is -2.69. The van der Waals surface area contributed by atoms with Crippen LogP contribution in [0.2, 0.25) is 5.15 Å². The van der Waals surface area contributed by atoms with Gasteiger partial charge in [-0.05, 0) is 56.6 Å². The van der Waals surface area contributed by atoms with Crippen LogP contribution >= 0.6 is 11.6 Å². The number of alkyl halides is 3. The molecule has 1 aliphatic rings. The highest BCUT2D eigenvalue weighted by atomic mass is 35.5. The Morgan fingerprint density at radius 2 is 2.03 bits per heavy atom. The van der Waals surface area contributed by atoms with E-state index in [1.807, 2.05) is 31.2 Å². The van der Waals surface area contributed by atoms with Gasteiger partial charge in [0.05, 0.1) is 11.9 Å². The molecule has 0 spiro atoms. The fourth-order valence-corrected chi connectivity index (χ4v) is 3.06. The molecule has 11 heteroatoms. The van der Waals surface area contributed by atoms with Crippen molar-refractivity contribution in [3.05, 3.63) is 52.8 Å². The van der Waals surface area contributed by atoms with Gasteiger partial charge in [0.2, 0.25) is 0 Å². The van der Waals surface area contributed by atoms with Gasteiger partial charge in [0.15, 0.2) is 11.8 Å². The number of carbonyl (C=O) groups is 1. The average Bonchev–Trinajstić information content (AvgIpc) is 3.44. The van der Waals surface area contributed by atoms with Crippen LogP contribution in [0.25, 0.3) is 16.9 Å². The highest BCUT2D eigenvalue weighted by Crippen LogP contribution is 2.25. The van der Waals surface area contributed by atoms with Crippen molar-refractivity contribution in [3.63, 3.8) is 0 Å². The van der Waals surface area contributed by atoms with E-state index in [1.165, 1.54) is 7.05 Å². The Bertz CT molecular complexity index is 1100. The monoisotopic (exact) mass is 469 g/mol. The van der Waals surface area contributed by atoms with Gasteiger partial charge in [-0.2, -0.15) is 18.3 Å². The maximum atomic E-state index is 12.2. The number of aliphatic hydroxyl groups excluding tert-OH is 1. The zero-order chi connectivity index (χ0) is 23.5. The van der Waals surface area contributed by atoms with Gasteiger partial charge in [0.1, 0.15) is 5.15 Å². The molecular formula is C21H23ClF3N5O2. The Balaban J connectivity index is 0.000000275. The van der Waals surface area contributed by atoms with Crippen LogP contribution in [0.1, 0.15) is 28.8 Å². The van der Waals surface area contributed by atoms with Gasteiger partial charge in [-0.3, -0.25) is 4.79 Å². The first kappa shape index (κ1) is 24.0. The summed E-state index contributed by atoms with van der Waals surface area (Å²) in [7, 11) is 1.34. The molecule has 2 aromatic heterocycles. The summed E-state index contributed by atoms with van der Waals surface area (Å²) in [4.78, 5) is 16.5. The molecule has 2 heterocycles. The zero-order valence-electron chi connectivity index (χ0n) is 17.4. The number of rotatable bonds is 5. The second kappa shape index (κ2) is 9.85. The summed E-state index contributed by atoms with van der Waals surface area (Å²) >= 11 is 5.97. The topological polar surface area (TPSA) is 91.6 Å². The Morgan fingerprint density at radius 1 is 1.31 bits per heavy atom. The van der Waals surface area contributed by atoms with E-state index in [0.29, 0.717) is 16.8 Å². The van der Waals surface area contributed by atoms with Gasteiger partial charge in [0.25, 0.3) is 5.91 Å². The summed E-state index contributed by atoms with van der Waals surface area (Å²) in [6.45, 7) is 1.48. The minimum absolute atomic E-state index is 0.00383. The van der Waals surface area contributed by atoms with Crippen LogP contribution in [-0.4, -0.2) is 57.5 Å². The van der Waals surface area contributed by atoms with Crippen molar-refractivity contribution in [2.75, 3.05) is 13.6 Å². The van der Waals surface area contributed by atoms with Crippen molar-refractivity contribution in [3.8, 4) is 11.3 Å². The van der Waals surface area contributed by atoms with Crippen LogP contribution in [0.3, 0.4) is 0 Å². The molecule has 32 heavy (non-hydrogen) atoms. The molecule has 1 amide bonds. The third kappa shape index (κ3) is 5.96. The number of benzene rings is 1. The molecule has 1 fully saturated rings. The second-order valence-corrected chi connectivity index (χ2v) is 7.85. The maximum Gasteiger partial charge on any atom is 0.415 e. The number of aryl methyl sites for hydroxylation is 1. The molecule has 3 N–H and O–H groups in total. The number of carbonyl (C=O) groups excluding carboxylic acids is 1. The van der Waals surface area contributed by atoms with Crippen molar-refractivity contribution in [1.29, 1.82) is 0 Å². The number of aliphatic hydroxyl groups is 1. The summed E-state index contributed by atoms with van der Waals surface area (Å²) in [6.07, 6.45) is -2.82. The van der Waals surface area contributed by atoms with Crippen molar-refractivity contribution in [1.82, 2.24) is 25.2 Å². The van der Waals surface area contributed by atoms with Crippen LogP contribution in [0.15, 0.2) is 36.5 Å². The van der Waals surface area contributed by atoms with E-state index in [-0.39, 0.29) is 5.91 Å². The van der Waals surface area contributed by atoms with E-state index >= 15 is 0 Å². The lowest BCUT2D eigenvalue weighted by Gasteiger charge is -2.12. The Kier molecular flexibility index (Phi) is 7.37. The molecule has 0 bridgehead atoms. The Labute approximate surface area is 187 Å². The van der Waals surface area contributed by atoms with Crippen LogP contribution in [0, 0.1) is 6.92 Å². The van der Waals surface area contributed by atoms with Gasteiger partial charge in [-0.15, -0.1) is 0 Å². The molecule has 1 atom stereocenters. The molecule has 1 saturated carbocycles. The minimum Gasteiger partial charge on any atom is -0.382 e. The predicted molar refractivity (Wildman–Crippen MR) is 115 cm³/mol. The number of nitrogens with one attached hydrogen (secondary N) is 2. The fraction of sp³-hybridized carbons (Fsp3) is 0.381. The number of aromatic nitrogens is 3. The fourth-order valence-electron chi connectivity index (χ4n) is 2.93. The molecule has 1 aliphatic carbocycles. The lowest BCUT2D eigenvalue weighted by Crippen LogP contribution is -2.36. The largest absolute Gasteiger partial charge is 0.415 e. The first-order valence-corrected chi connectivity index (χ1v) is 10.3. The molecule has 0 radical (unpaired) electrons. The van der Waals surface area contributed by atoms with Gasteiger partial charge in [0, 0.05) is 23.7 Å². The molecule has 1 unspecified atom stereocenters. The van der Waals surface area contributed by atoms with Gasteiger partial charge in [-0.1, -0.05) is 17.7 Å². The zero-order valence-corrected chi connectivity index (χ0v) is 18.2. The quantitative estimate of drug-likeness (QED) is 0.533. The summed E-state index contributed by atoms with van der Waals surface area (Å²) in [6, 6.07) is 9.64. The lowest BCUT2D eigenvalue weighted by molar-refractivity contribution is -0.201. The van der Waals surface area contributed by atoms with Gasteiger partial charge < -0.3 is 15.7 Å². The van der Waals surface area contributed by atoms with Gasteiger partial charge >= 0.3 is 6.18 Å². The van der Waals surface area contributed by atoms with Crippen molar-refractivity contribution in [2.24, 2.45) is 0 Å². The highest BCUT2D eigenvalue weighted by Gasteiger charge is 2.37. The SMILES string of the molecule is CNCC(O)C(F)(F)F.Cc1cc(-c2cnc3ccc(Cl)nn23)ccc1C(=O)NC1CC1. The Morgan fingerprint density at radius 3 is 2.59 bits per heavy atom. The predicted octanol–water partition coefficient (Wildman–Crippen LogP) is 3.38. The van der Waals surface area contributed by atoms with Crippen LogP contribution in [0.4, 0.5) is 13.2 Å². The molecule has 7 nitrogen and oxygen atoms in total. The number of imidazole rings is 1. The van der Waals surface area contributed by atoms with Gasteiger partial charge in [-0.25, -0.2) is 9.50 Å². The third-order valence-corrected chi connectivity index (χ3v) is 4.99. The summed E-state index contributed by atoms with van der Waals surface area (Å²) < 4.78 is 35.7. The molecule has 1 aromatic carbocycles. The van der Waals surface area contributed by atoms with Crippen molar-refractivity contribution >= 4 is 23.2 Å². The van der Waals surface area contributed by atoms with E-state index in [0.717, 1.165) is 35.3 Å². The molecule has 172 valence electrons. The molecule has 4 rings (SSSR count). The van der Waals surface area contributed by atoms with Crippen molar-refractivity contribution in [2.45, 2.75) is 38.1 Å². The van der Waals surface area contributed by atoms with E-state index < -0.39 is 18.8 Å².